The summed E-state index contributed by atoms with van der Waals surface area (Å²) in [6.07, 6.45) is 0. The minimum atomic E-state index is -0.239. The number of hydrogen-bond donors (Lipinski definition) is 1. The summed E-state index contributed by atoms with van der Waals surface area (Å²) in [5, 5.41) is 7.45. The van der Waals surface area contributed by atoms with Gasteiger partial charge in [0, 0.05) is 11.1 Å². The van der Waals surface area contributed by atoms with E-state index >= 15 is 0 Å². The molecule has 0 radical (unpaired) electrons. The van der Waals surface area contributed by atoms with E-state index in [0.717, 1.165) is 33.3 Å². The molecule has 0 saturated carbocycles. The Morgan fingerprint density at radius 3 is 2.52 bits per heavy atom. The zero-order valence-corrected chi connectivity index (χ0v) is 15.2. The number of fused-ring (bicyclic) bond motifs is 2. The normalized spacial score (nSPS) is 11.7. The first-order chi connectivity index (χ1) is 13.1. The molecule has 4 rings (SSSR count). The molecule has 27 heavy (non-hydrogen) atoms. The number of rotatable bonds is 3. The monoisotopic (exact) mass is 353 g/mol. The molecule has 1 N–H and O–H groups in total. The lowest BCUT2D eigenvalue weighted by Gasteiger charge is -2.08. The number of aryl methyl sites for hydroxylation is 1. The Labute approximate surface area is 157 Å². The number of carbonyl (C=O) groups excluding carboxylic acids is 1. The number of carbonyl (C=O) groups is 1. The average Bonchev–Trinajstić information content (AvgIpc) is 2.70. The number of aromatic nitrogens is 1. The summed E-state index contributed by atoms with van der Waals surface area (Å²) in [6, 6.07) is 23.7. The van der Waals surface area contributed by atoms with Gasteiger partial charge in [-0.15, -0.1) is 0 Å². The van der Waals surface area contributed by atoms with Crippen molar-refractivity contribution in [2.75, 3.05) is 0 Å². The van der Waals surface area contributed by atoms with Gasteiger partial charge in [0.15, 0.2) is 0 Å². The van der Waals surface area contributed by atoms with Crippen molar-refractivity contribution in [3.05, 3.63) is 89.6 Å². The Balaban J connectivity index is 1.63. The van der Waals surface area contributed by atoms with Gasteiger partial charge in [-0.3, -0.25) is 9.78 Å². The van der Waals surface area contributed by atoms with Crippen LogP contribution in [0.5, 0.6) is 0 Å². The van der Waals surface area contributed by atoms with Crippen LogP contribution in [0.1, 0.15) is 28.5 Å². The Morgan fingerprint density at radius 2 is 1.67 bits per heavy atom. The van der Waals surface area contributed by atoms with E-state index in [1.54, 1.807) is 6.07 Å². The highest BCUT2D eigenvalue weighted by molar-refractivity contribution is 6.07. The van der Waals surface area contributed by atoms with Crippen LogP contribution in [-0.2, 0) is 0 Å². The Kier molecular flexibility index (Phi) is 4.38. The highest BCUT2D eigenvalue weighted by atomic mass is 16.2. The number of nitrogens with one attached hydrogen (secondary N) is 1. The molecule has 1 aromatic heterocycles. The highest BCUT2D eigenvalue weighted by Gasteiger charge is 2.11. The van der Waals surface area contributed by atoms with Gasteiger partial charge in [0.2, 0.25) is 0 Å². The molecule has 0 saturated heterocycles. The summed E-state index contributed by atoms with van der Waals surface area (Å²) in [5.41, 5.74) is 6.60. The summed E-state index contributed by atoms with van der Waals surface area (Å²) < 4.78 is 0. The molecule has 0 aliphatic heterocycles. The molecule has 4 heteroatoms. The zero-order chi connectivity index (χ0) is 18.8. The predicted molar refractivity (Wildman–Crippen MR) is 110 cm³/mol. The van der Waals surface area contributed by atoms with Crippen LogP contribution in [0.4, 0.5) is 0 Å². The minimum absolute atomic E-state index is 0.239. The van der Waals surface area contributed by atoms with Crippen molar-refractivity contribution in [1.82, 2.24) is 10.4 Å². The smallest absolute Gasteiger partial charge is 0.267 e. The molecule has 0 unspecified atom stereocenters. The van der Waals surface area contributed by atoms with Gasteiger partial charge >= 0.3 is 0 Å². The maximum absolute atomic E-state index is 12.7. The number of hydrazone groups is 1. The van der Waals surface area contributed by atoms with Crippen LogP contribution in [-0.4, -0.2) is 16.6 Å². The summed E-state index contributed by atoms with van der Waals surface area (Å²) in [4.78, 5) is 17.2. The quantitative estimate of drug-likeness (QED) is 0.423. The summed E-state index contributed by atoms with van der Waals surface area (Å²) >= 11 is 0. The number of benzene rings is 3. The van der Waals surface area contributed by atoms with Crippen molar-refractivity contribution in [1.29, 1.82) is 0 Å². The number of nitrogens with zero attached hydrogens (tertiary/aromatic N) is 2. The lowest BCUT2D eigenvalue weighted by atomic mass is 10.0. The van der Waals surface area contributed by atoms with Gasteiger partial charge < -0.3 is 0 Å². The lowest BCUT2D eigenvalue weighted by molar-refractivity contribution is 0.0956. The molecule has 4 nitrogen and oxygen atoms in total. The van der Waals surface area contributed by atoms with Crippen molar-refractivity contribution in [3.63, 3.8) is 0 Å². The first-order valence-corrected chi connectivity index (χ1v) is 8.82. The van der Waals surface area contributed by atoms with Crippen molar-refractivity contribution >= 4 is 33.3 Å². The molecule has 4 aromatic rings. The van der Waals surface area contributed by atoms with E-state index in [4.69, 9.17) is 0 Å². The van der Waals surface area contributed by atoms with Gasteiger partial charge in [-0.2, -0.15) is 5.10 Å². The molecule has 0 bridgehead atoms. The van der Waals surface area contributed by atoms with Crippen LogP contribution in [0, 0.1) is 6.92 Å². The van der Waals surface area contributed by atoms with Crippen LogP contribution >= 0.6 is 0 Å². The first kappa shape index (κ1) is 16.9. The molecular weight excluding hydrogens is 334 g/mol. The molecule has 0 spiro atoms. The van der Waals surface area contributed by atoms with Gasteiger partial charge in [-0.1, -0.05) is 54.6 Å². The standard InChI is InChI=1S/C23H19N3O/c1-15-13-21(20-9-5-6-10-22(20)24-15)23(27)26-25-16(2)18-12-11-17-7-3-4-8-19(17)14-18/h3-14H,1-2H3,(H,26,27)/b25-16+. The first-order valence-electron chi connectivity index (χ1n) is 8.82. The van der Waals surface area contributed by atoms with Gasteiger partial charge in [0.05, 0.1) is 16.8 Å². The van der Waals surface area contributed by atoms with Gasteiger partial charge in [0.1, 0.15) is 0 Å². The predicted octanol–water partition coefficient (Wildman–Crippen LogP) is 4.85. The lowest BCUT2D eigenvalue weighted by Crippen LogP contribution is -2.20. The molecule has 0 atom stereocenters. The van der Waals surface area contributed by atoms with Gasteiger partial charge in [-0.25, -0.2) is 5.43 Å². The average molecular weight is 353 g/mol. The molecule has 3 aromatic carbocycles. The second-order valence-corrected chi connectivity index (χ2v) is 6.53. The summed E-state index contributed by atoms with van der Waals surface area (Å²) in [5.74, 6) is -0.239. The topological polar surface area (TPSA) is 54.4 Å². The Morgan fingerprint density at radius 1 is 0.926 bits per heavy atom. The minimum Gasteiger partial charge on any atom is -0.267 e. The highest BCUT2D eigenvalue weighted by Crippen LogP contribution is 2.19. The van der Waals surface area contributed by atoms with Crippen LogP contribution in [0.15, 0.2) is 77.9 Å². The molecule has 0 aliphatic rings. The van der Waals surface area contributed by atoms with Crippen molar-refractivity contribution < 1.29 is 4.79 Å². The van der Waals surface area contributed by atoms with E-state index < -0.39 is 0 Å². The van der Waals surface area contributed by atoms with E-state index in [0.29, 0.717) is 5.56 Å². The van der Waals surface area contributed by atoms with Crippen molar-refractivity contribution in [2.45, 2.75) is 13.8 Å². The Hall–Kier alpha value is -3.53. The van der Waals surface area contributed by atoms with Crippen molar-refractivity contribution in [3.8, 4) is 0 Å². The largest absolute Gasteiger partial charge is 0.272 e. The van der Waals surface area contributed by atoms with Crippen LogP contribution in [0.2, 0.25) is 0 Å². The molecular formula is C23H19N3O. The molecule has 1 amide bonds. The molecule has 0 fully saturated rings. The fourth-order valence-electron chi connectivity index (χ4n) is 3.17. The summed E-state index contributed by atoms with van der Waals surface area (Å²) in [7, 11) is 0. The van der Waals surface area contributed by atoms with Gasteiger partial charge in [0.25, 0.3) is 5.91 Å². The van der Waals surface area contributed by atoms with E-state index in [2.05, 4.69) is 39.8 Å². The third-order valence-electron chi connectivity index (χ3n) is 4.58. The SMILES string of the molecule is C/C(=N\NC(=O)c1cc(C)nc2ccccc12)c1ccc2ccccc2c1. The maximum atomic E-state index is 12.7. The van der Waals surface area contributed by atoms with Crippen LogP contribution in [0.25, 0.3) is 21.7 Å². The van der Waals surface area contributed by atoms with Crippen LogP contribution < -0.4 is 5.43 Å². The molecule has 0 aliphatic carbocycles. The van der Waals surface area contributed by atoms with Crippen LogP contribution in [0.3, 0.4) is 0 Å². The third kappa shape index (κ3) is 3.42. The number of para-hydroxylation sites is 1. The van der Waals surface area contributed by atoms with E-state index in [9.17, 15) is 4.79 Å². The second kappa shape index (κ2) is 7.00. The van der Waals surface area contributed by atoms with Crippen molar-refractivity contribution in [2.24, 2.45) is 5.10 Å². The third-order valence-corrected chi connectivity index (χ3v) is 4.58. The summed E-state index contributed by atoms with van der Waals surface area (Å²) in [6.45, 7) is 3.77. The fraction of sp³-hybridized carbons (Fsp3) is 0.0870. The zero-order valence-electron chi connectivity index (χ0n) is 15.2. The number of amides is 1. The van der Waals surface area contributed by atoms with E-state index in [1.165, 1.54) is 5.39 Å². The second-order valence-electron chi connectivity index (χ2n) is 6.53. The maximum Gasteiger partial charge on any atom is 0.272 e. The number of hydrogen-bond acceptors (Lipinski definition) is 3. The molecule has 132 valence electrons. The molecule has 1 heterocycles. The fourth-order valence-corrected chi connectivity index (χ4v) is 3.17. The van der Waals surface area contributed by atoms with E-state index in [1.807, 2.05) is 56.3 Å². The van der Waals surface area contributed by atoms with E-state index in [-0.39, 0.29) is 5.91 Å². The Bertz CT molecular complexity index is 1190. The number of pyridine rings is 1. The van der Waals surface area contributed by atoms with Gasteiger partial charge in [-0.05, 0) is 48.4 Å².